The Balaban J connectivity index is 1.91. The van der Waals surface area contributed by atoms with E-state index in [0.717, 1.165) is 11.1 Å². The molecule has 6 nitrogen and oxygen atoms in total. The van der Waals surface area contributed by atoms with Crippen LogP contribution in [0.3, 0.4) is 0 Å². The molecule has 0 radical (unpaired) electrons. The van der Waals surface area contributed by atoms with Gasteiger partial charge in [0.25, 0.3) is 10.0 Å². The van der Waals surface area contributed by atoms with Crippen LogP contribution < -0.4 is 0 Å². The summed E-state index contributed by atoms with van der Waals surface area (Å²) in [6.45, 7) is 1.44. The van der Waals surface area contributed by atoms with Gasteiger partial charge >= 0.3 is 0 Å². The van der Waals surface area contributed by atoms with Gasteiger partial charge in [-0.05, 0) is 18.2 Å². The van der Waals surface area contributed by atoms with Crippen molar-refractivity contribution in [2.24, 2.45) is 7.05 Å². The summed E-state index contributed by atoms with van der Waals surface area (Å²) in [5.74, 6) is 0. The van der Waals surface area contributed by atoms with E-state index >= 15 is 0 Å². The summed E-state index contributed by atoms with van der Waals surface area (Å²) in [6, 6.07) is 10.7. The van der Waals surface area contributed by atoms with Gasteiger partial charge in [0.05, 0.1) is 13.2 Å². The van der Waals surface area contributed by atoms with Crippen LogP contribution in [0.4, 0.5) is 0 Å². The van der Waals surface area contributed by atoms with E-state index in [1.54, 1.807) is 25.2 Å². The normalized spacial score (nSPS) is 16.1. The van der Waals surface area contributed by atoms with Gasteiger partial charge in [-0.3, -0.25) is 4.68 Å². The number of morpholine rings is 1. The van der Waals surface area contributed by atoms with E-state index in [0.29, 0.717) is 47.3 Å². The summed E-state index contributed by atoms with van der Waals surface area (Å²) in [6.07, 6.45) is 0. The minimum Gasteiger partial charge on any atom is -0.379 e. The second kappa shape index (κ2) is 7.07. The maximum Gasteiger partial charge on any atom is 0.261 e. The third-order valence-electron chi connectivity index (χ3n) is 4.59. The summed E-state index contributed by atoms with van der Waals surface area (Å²) in [7, 11) is -2.05. The van der Waals surface area contributed by atoms with Crippen LogP contribution in [0.5, 0.6) is 0 Å². The van der Waals surface area contributed by atoms with Crippen molar-refractivity contribution in [3.8, 4) is 11.1 Å². The summed E-state index contributed by atoms with van der Waals surface area (Å²) >= 11 is 12.4. The topological polar surface area (TPSA) is 64.4 Å². The highest BCUT2D eigenvalue weighted by Gasteiger charge is 2.32. The quantitative estimate of drug-likeness (QED) is 0.643. The van der Waals surface area contributed by atoms with Crippen molar-refractivity contribution in [3.63, 3.8) is 0 Å². The Morgan fingerprint density at radius 1 is 1.07 bits per heavy atom. The largest absolute Gasteiger partial charge is 0.379 e. The van der Waals surface area contributed by atoms with E-state index in [4.69, 9.17) is 27.9 Å². The van der Waals surface area contributed by atoms with Gasteiger partial charge in [-0.1, -0.05) is 41.4 Å². The van der Waals surface area contributed by atoms with Gasteiger partial charge in [-0.25, -0.2) is 8.42 Å². The molecular formula is C18H17Cl2N3O3S. The zero-order valence-corrected chi connectivity index (χ0v) is 16.9. The van der Waals surface area contributed by atoms with Crippen molar-refractivity contribution in [2.45, 2.75) is 5.03 Å². The van der Waals surface area contributed by atoms with E-state index in [1.165, 1.54) is 8.99 Å². The Morgan fingerprint density at radius 2 is 1.81 bits per heavy atom. The number of aryl methyl sites for hydroxylation is 1. The second-order valence-electron chi connectivity index (χ2n) is 6.27. The average molecular weight is 426 g/mol. The van der Waals surface area contributed by atoms with Crippen molar-refractivity contribution < 1.29 is 13.2 Å². The molecule has 0 atom stereocenters. The van der Waals surface area contributed by atoms with Gasteiger partial charge in [0.1, 0.15) is 5.52 Å². The van der Waals surface area contributed by atoms with Gasteiger partial charge < -0.3 is 4.74 Å². The van der Waals surface area contributed by atoms with Gasteiger partial charge in [0.2, 0.25) is 0 Å². The van der Waals surface area contributed by atoms with E-state index < -0.39 is 10.0 Å². The van der Waals surface area contributed by atoms with Crippen LogP contribution in [0.2, 0.25) is 10.0 Å². The molecule has 0 saturated carbocycles. The molecule has 142 valence electrons. The molecule has 0 aliphatic carbocycles. The number of fused-ring (bicyclic) bond motifs is 1. The van der Waals surface area contributed by atoms with Gasteiger partial charge in [-0.2, -0.15) is 9.40 Å². The molecule has 1 aliphatic heterocycles. The van der Waals surface area contributed by atoms with Crippen molar-refractivity contribution in [1.82, 2.24) is 14.1 Å². The number of hydrogen-bond acceptors (Lipinski definition) is 4. The number of aromatic nitrogens is 2. The molecule has 4 rings (SSSR count). The molecule has 1 fully saturated rings. The van der Waals surface area contributed by atoms with Gasteiger partial charge in [-0.15, -0.1) is 0 Å². The molecule has 1 aromatic heterocycles. The third kappa shape index (κ3) is 3.23. The highest BCUT2D eigenvalue weighted by atomic mass is 35.5. The number of benzene rings is 2. The first-order valence-corrected chi connectivity index (χ1v) is 10.6. The summed E-state index contributed by atoms with van der Waals surface area (Å²) in [5.41, 5.74) is 2.09. The molecule has 2 heterocycles. The Hall–Kier alpha value is -1.64. The van der Waals surface area contributed by atoms with Crippen LogP contribution in [0.25, 0.3) is 22.0 Å². The van der Waals surface area contributed by atoms with Gasteiger partial charge in [0.15, 0.2) is 5.03 Å². The first-order chi connectivity index (χ1) is 12.9. The lowest BCUT2D eigenvalue weighted by molar-refractivity contribution is 0.0728. The third-order valence-corrected chi connectivity index (χ3v) is 7.15. The fourth-order valence-electron chi connectivity index (χ4n) is 3.33. The molecule has 0 N–H and O–H groups in total. The number of halogens is 2. The summed E-state index contributed by atoms with van der Waals surface area (Å²) in [5, 5.41) is 6.26. The highest BCUT2D eigenvalue weighted by molar-refractivity contribution is 7.89. The smallest absolute Gasteiger partial charge is 0.261 e. The number of nitrogens with zero attached hydrogens (tertiary/aromatic N) is 3. The Kier molecular flexibility index (Phi) is 4.90. The van der Waals surface area contributed by atoms with Crippen molar-refractivity contribution in [2.75, 3.05) is 26.3 Å². The average Bonchev–Trinajstić information content (AvgIpc) is 2.99. The summed E-state index contributed by atoms with van der Waals surface area (Å²) in [4.78, 5) is 0. The van der Waals surface area contributed by atoms with Crippen molar-refractivity contribution >= 4 is 44.1 Å². The summed E-state index contributed by atoms with van der Waals surface area (Å²) < 4.78 is 34.6. The molecule has 0 spiro atoms. The monoisotopic (exact) mass is 425 g/mol. The molecule has 0 unspecified atom stereocenters. The fraction of sp³-hybridized carbons (Fsp3) is 0.278. The number of rotatable bonds is 3. The predicted octanol–water partition coefficient (Wildman–Crippen LogP) is 3.57. The highest BCUT2D eigenvalue weighted by Crippen LogP contribution is 2.36. The SMILES string of the molecule is Cn1nc2c(-c3ccc(Cl)cc3Cl)cccc2c1S(=O)(=O)N1CCOCC1. The van der Waals surface area contributed by atoms with Crippen molar-refractivity contribution in [1.29, 1.82) is 0 Å². The van der Waals surface area contributed by atoms with Crippen LogP contribution in [0, 0.1) is 0 Å². The zero-order chi connectivity index (χ0) is 19.2. The molecule has 2 aromatic carbocycles. The van der Waals surface area contributed by atoms with Crippen LogP contribution in [-0.4, -0.2) is 48.8 Å². The number of hydrogen-bond donors (Lipinski definition) is 0. The van der Waals surface area contributed by atoms with Crippen LogP contribution >= 0.6 is 23.2 Å². The zero-order valence-electron chi connectivity index (χ0n) is 14.5. The van der Waals surface area contributed by atoms with Crippen molar-refractivity contribution in [3.05, 3.63) is 46.4 Å². The van der Waals surface area contributed by atoms with Gasteiger partial charge in [0, 0.05) is 46.7 Å². The van der Waals surface area contributed by atoms with Crippen LogP contribution in [0.15, 0.2) is 41.4 Å². The molecule has 0 bridgehead atoms. The van der Waals surface area contributed by atoms with E-state index in [2.05, 4.69) is 5.10 Å². The molecule has 9 heteroatoms. The lowest BCUT2D eigenvalue weighted by Gasteiger charge is -2.26. The lowest BCUT2D eigenvalue weighted by Crippen LogP contribution is -2.41. The molecule has 27 heavy (non-hydrogen) atoms. The molecule has 0 amide bonds. The van der Waals surface area contributed by atoms with Crippen LogP contribution in [-0.2, 0) is 21.8 Å². The molecule has 1 saturated heterocycles. The first kappa shape index (κ1) is 18.7. The second-order valence-corrected chi connectivity index (χ2v) is 8.97. The Labute approximate surface area is 167 Å². The first-order valence-electron chi connectivity index (χ1n) is 8.38. The van der Waals surface area contributed by atoms with E-state index in [1.807, 2.05) is 18.2 Å². The minimum atomic E-state index is -3.69. The minimum absolute atomic E-state index is 0.173. The Morgan fingerprint density at radius 3 is 2.52 bits per heavy atom. The van der Waals surface area contributed by atoms with E-state index in [9.17, 15) is 8.42 Å². The fourth-order valence-corrected chi connectivity index (χ4v) is 5.54. The lowest BCUT2D eigenvalue weighted by atomic mass is 10.0. The maximum absolute atomic E-state index is 13.2. The standard InChI is InChI=1S/C18H17Cl2N3O3S/c1-22-18(27(24,25)23-7-9-26-10-8-23)15-4-2-3-14(17(15)21-22)13-6-5-12(19)11-16(13)20/h2-6,11H,7-10H2,1H3. The molecule has 3 aromatic rings. The number of sulfonamides is 1. The maximum atomic E-state index is 13.2. The molecular weight excluding hydrogens is 409 g/mol. The number of ether oxygens (including phenoxy) is 1. The van der Waals surface area contributed by atoms with Crippen LogP contribution in [0.1, 0.15) is 0 Å². The predicted molar refractivity (Wildman–Crippen MR) is 106 cm³/mol. The Bertz CT molecular complexity index is 1120. The van der Waals surface area contributed by atoms with E-state index in [-0.39, 0.29) is 5.03 Å². The molecule has 1 aliphatic rings.